The quantitative estimate of drug-likeness (QED) is 0.495. The normalized spacial score (nSPS) is 20.5. The predicted octanol–water partition coefficient (Wildman–Crippen LogP) is 2.41. The highest BCUT2D eigenvalue weighted by atomic mass is 35.5. The van der Waals surface area contributed by atoms with E-state index in [0.717, 1.165) is 41.0 Å². The fourth-order valence-corrected chi connectivity index (χ4v) is 5.95. The molecule has 5 rings (SSSR count). The van der Waals surface area contributed by atoms with E-state index in [1.165, 1.54) is 18.3 Å². The second kappa shape index (κ2) is 9.60. The van der Waals surface area contributed by atoms with Crippen LogP contribution >= 0.6 is 22.9 Å². The molecule has 35 heavy (non-hydrogen) atoms. The molecule has 2 aromatic heterocycles. The van der Waals surface area contributed by atoms with Crippen LogP contribution in [0.15, 0.2) is 24.3 Å². The first-order valence-corrected chi connectivity index (χ1v) is 12.8. The van der Waals surface area contributed by atoms with Crippen molar-refractivity contribution in [3.05, 3.63) is 50.6 Å². The minimum atomic E-state index is -0.438. The van der Waals surface area contributed by atoms with E-state index in [4.69, 9.17) is 11.6 Å². The molecule has 1 saturated heterocycles. The van der Waals surface area contributed by atoms with Gasteiger partial charge in [-0.2, -0.15) is 0 Å². The molecule has 1 aromatic carbocycles. The number of hydrogen-bond donors (Lipinski definition) is 3. The molecule has 11 heteroatoms. The van der Waals surface area contributed by atoms with Crippen LogP contribution in [0.1, 0.15) is 44.2 Å². The lowest BCUT2D eigenvalue weighted by atomic mass is 9.98. The number of piperidine rings is 1. The number of nitrogens with one attached hydrogen (secondary N) is 3. The highest BCUT2D eigenvalue weighted by Crippen LogP contribution is 2.25. The maximum atomic E-state index is 13.1. The number of hydrogen-bond acceptors (Lipinski definition) is 6. The summed E-state index contributed by atoms with van der Waals surface area (Å²) in [5.74, 6) is -0.609. The van der Waals surface area contributed by atoms with Crippen LogP contribution < -0.4 is 10.6 Å². The molecule has 0 aliphatic carbocycles. The number of likely N-dealkylation sites (N-methyl/N-ethyl adjacent to an activating group) is 1. The Balaban J connectivity index is 1.32. The number of rotatable bonds is 4. The lowest BCUT2D eigenvalue weighted by Crippen LogP contribution is -2.61. The summed E-state index contributed by atoms with van der Waals surface area (Å²) in [6, 6.07) is 6.37. The van der Waals surface area contributed by atoms with Crippen LogP contribution in [-0.2, 0) is 17.8 Å². The molecule has 9 nitrogen and oxygen atoms in total. The van der Waals surface area contributed by atoms with Crippen LogP contribution in [0.3, 0.4) is 0 Å². The molecule has 0 unspecified atom stereocenters. The largest absolute Gasteiger partial charge is 0.351 e. The van der Waals surface area contributed by atoms with Crippen molar-refractivity contribution in [3.63, 3.8) is 0 Å². The Morgan fingerprint density at radius 2 is 1.94 bits per heavy atom. The summed E-state index contributed by atoms with van der Waals surface area (Å²) in [5.41, 5.74) is 2.21. The van der Waals surface area contributed by atoms with Gasteiger partial charge in [0, 0.05) is 60.3 Å². The van der Waals surface area contributed by atoms with Gasteiger partial charge < -0.3 is 25.4 Å². The minimum absolute atomic E-state index is 0.0609. The van der Waals surface area contributed by atoms with Crippen molar-refractivity contribution in [2.24, 2.45) is 0 Å². The molecule has 2 aliphatic heterocycles. The first-order chi connectivity index (χ1) is 16.8. The molecule has 2 aliphatic rings. The van der Waals surface area contributed by atoms with Gasteiger partial charge in [-0.15, -0.1) is 11.3 Å². The topological polar surface area (TPSA) is 110 Å². The number of carbonyl (C=O) groups excluding carboxylic acids is 3. The van der Waals surface area contributed by atoms with Gasteiger partial charge in [-0.25, -0.2) is 4.98 Å². The van der Waals surface area contributed by atoms with Gasteiger partial charge in [-0.1, -0.05) is 11.6 Å². The third-order valence-electron chi connectivity index (χ3n) is 6.63. The monoisotopic (exact) mass is 514 g/mol. The lowest BCUT2D eigenvalue weighted by molar-refractivity contribution is -0.130. The average Bonchev–Trinajstić information content (AvgIpc) is 3.43. The molecule has 3 aromatic rings. The number of carbonyl (C=O) groups is 3. The molecule has 0 bridgehead atoms. The molecule has 4 heterocycles. The third-order valence-corrected chi connectivity index (χ3v) is 7.95. The summed E-state index contributed by atoms with van der Waals surface area (Å²) >= 11 is 7.48. The lowest BCUT2D eigenvalue weighted by Gasteiger charge is -2.38. The van der Waals surface area contributed by atoms with Gasteiger partial charge in [0.1, 0.15) is 5.69 Å². The van der Waals surface area contributed by atoms with Crippen molar-refractivity contribution in [1.82, 2.24) is 30.4 Å². The number of H-pyrrole nitrogens is 1. The maximum absolute atomic E-state index is 13.1. The molecule has 0 spiro atoms. The van der Waals surface area contributed by atoms with Crippen LogP contribution in [0.4, 0.5) is 0 Å². The van der Waals surface area contributed by atoms with Gasteiger partial charge in [0.25, 0.3) is 11.8 Å². The number of amides is 3. The first kappa shape index (κ1) is 23.8. The zero-order valence-corrected chi connectivity index (χ0v) is 21.1. The van der Waals surface area contributed by atoms with Crippen molar-refractivity contribution in [3.8, 4) is 0 Å². The van der Waals surface area contributed by atoms with Gasteiger partial charge in [-0.3, -0.25) is 14.4 Å². The zero-order chi connectivity index (χ0) is 24.7. The highest BCUT2D eigenvalue weighted by molar-refractivity contribution is 7.13. The highest BCUT2D eigenvalue weighted by Gasteiger charge is 2.34. The van der Waals surface area contributed by atoms with E-state index in [1.807, 2.05) is 6.07 Å². The Labute approximate surface area is 211 Å². The molecule has 2 atom stereocenters. The van der Waals surface area contributed by atoms with Crippen LogP contribution in [-0.4, -0.2) is 76.3 Å². The first-order valence-electron chi connectivity index (χ1n) is 11.6. The summed E-state index contributed by atoms with van der Waals surface area (Å²) < 4.78 is 0. The number of thiazole rings is 1. The van der Waals surface area contributed by atoms with Crippen LogP contribution in [0.2, 0.25) is 5.02 Å². The van der Waals surface area contributed by atoms with E-state index in [2.05, 4.69) is 32.5 Å². The number of benzene rings is 1. The van der Waals surface area contributed by atoms with Crippen LogP contribution in [0.25, 0.3) is 10.9 Å². The minimum Gasteiger partial charge on any atom is -0.351 e. The number of aromatic amines is 1. The Hall–Kier alpha value is -2.95. The molecular weight excluding hydrogens is 488 g/mol. The van der Waals surface area contributed by atoms with Crippen molar-refractivity contribution in [2.75, 3.05) is 26.7 Å². The Morgan fingerprint density at radius 1 is 1.14 bits per heavy atom. The number of nitrogens with zero attached hydrogens (tertiary/aromatic N) is 3. The number of halogens is 1. The Morgan fingerprint density at radius 3 is 2.74 bits per heavy atom. The average molecular weight is 515 g/mol. The number of fused-ring (bicyclic) bond motifs is 2. The fraction of sp³-hybridized carbons (Fsp3) is 0.417. The van der Waals surface area contributed by atoms with E-state index < -0.39 is 6.04 Å². The van der Waals surface area contributed by atoms with E-state index in [1.54, 1.807) is 23.1 Å². The predicted molar refractivity (Wildman–Crippen MR) is 135 cm³/mol. The third kappa shape index (κ3) is 5.05. The van der Waals surface area contributed by atoms with E-state index in [-0.39, 0.29) is 23.8 Å². The summed E-state index contributed by atoms with van der Waals surface area (Å²) in [7, 11) is 2.05. The molecule has 0 saturated carbocycles. The van der Waals surface area contributed by atoms with Crippen LogP contribution in [0, 0.1) is 0 Å². The SMILES string of the molecule is CC(=O)N1CC[C@H](NC(=O)c2cc3cc(Cl)ccc3[nH]2)[C@H](NC(=O)c2nc3c(s2)CN(C)CC3)C1. The second-order valence-corrected chi connectivity index (χ2v) is 10.7. The molecule has 184 valence electrons. The fourth-order valence-electron chi connectivity index (χ4n) is 4.68. The van der Waals surface area contributed by atoms with Gasteiger partial charge >= 0.3 is 0 Å². The van der Waals surface area contributed by atoms with E-state index in [9.17, 15) is 14.4 Å². The van der Waals surface area contributed by atoms with Crippen molar-refractivity contribution >= 4 is 51.6 Å². The van der Waals surface area contributed by atoms with Crippen molar-refractivity contribution in [1.29, 1.82) is 0 Å². The van der Waals surface area contributed by atoms with Crippen molar-refractivity contribution in [2.45, 2.75) is 38.4 Å². The Bertz CT molecular complexity index is 1300. The molecule has 3 N–H and O–H groups in total. The summed E-state index contributed by atoms with van der Waals surface area (Å²) in [6.07, 6.45) is 1.35. The summed E-state index contributed by atoms with van der Waals surface area (Å²) in [5, 5.41) is 7.95. The van der Waals surface area contributed by atoms with Gasteiger partial charge in [-0.05, 0) is 37.7 Å². The van der Waals surface area contributed by atoms with Gasteiger partial charge in [0.15, 0.2) is 5.01 Å². The second-order valence-electron chi connectivity index (χ2n) is 9.20. The molecule has 3 amide bonds. The smallest absolute Gasteiger partial charge is 0.280 e. The van der Waals surface area contributed by atoms with Crippen LogP contribution in [0.5, 0.6) is 0 Å². The van der Waals surface area contributed by atoms with Gasteiger partial charge in [0.2, 0.25) is 5.91 Å². The standard InChI is InChI=1S/C24H27ClN6O3S/c1-13(32)31-8-6-17(27-22(33)19-10-14-9-15(25)3-4-16(14)26-19)20(11-31)28-23(34)24-29-18-5-7-30(2)12-21(18)35-24/h3-4,9-10,17,20,26H,5-8,11-12H2,1-2H3,(H,27,33)(H,28,34)/t17-,20+/m0/s1. The molecule has 0 radical (unpaired) electrons. The Kier molecular flexibility index (Phi) is 6.52. The van der Waals surface area contributed by atoms with Crippen molar-refractivity contribution < 1.29 is 14.4 Å². The molecule has 1 fully saturated rings. The van der Waals surface area contributed by atoms with E-state index >= 15 is 0 Å². The summed E-state index contributed by atoms with van der Waals surface area (Å²) in [6.45, 7) is 4.05. The maximum Gasteiger partial charge on any atom is 0.280 e. The zero-order valence-electron chi connectivity index (χ0n) is 19.6. The number of likely N-dealkylation sites (tertiary alicyclic amines) is 1. The van der Waals surface area contributed by atoms with E-state index in [0.29, 0.717) is 35.2 Å². The summed E-state index contributed by atoms with van der Waals surface area (Å²) in [4.78, 5) is 50.9. The number of aromatic nitrogens is 2. The van der Waals surface area contributed by atoms with Gasteiger partial charge in [0.05, 0.1) is 17.8 Å². The molecular formula is C24H27ClN6O3S.